The third kappa shape index (κ3) is 4.18. The summed E-state index contributed by atoms with van der Waals surface area (Å²) in [5, 5.41) is 3.27. The van der Waals surface area contributed by atoms with Crippen LogP contribution in [0.5, 0.6) is 0 Å². The number of hydrogen-bond acceptors (Lipinski definition) is 3. The molecule has 5 rings (SSSR count). The molecule has 1 N–H and O–H groups in total. The van der Waals surface area contributed by atoms with E-state index in [2.05, 4.69) is 20.0 Å². The molecule has 2 bridgehead atoms. The van der Waals surface area contributed by atoms with Gasteiger partial charge in [-0.3, -0.25) is 0 Å². The zero-order chi connectivity index (χ0) is 17.9. The summed E-state index contributed by atoms with van der Waals surface area (Å²) in [4.78, 5) is 19.7. The van der Waals surface area contributed by atoms with Gasteiger partial charge in [0.1, 0.15) is 5.82 Å². The molecule has 26 heavy (non-hydrogen) atoms. The summed E-state index contributed by atoms with van der Waals surface area (Å²) in [5.74, 6) is -0.184. The smallest absolute Gasteiger partial charge is 0.317 e. The molecule has 0 radical (unpaired) electrons. The van der Waals surface area contributed by atoms with Gasteiger partial charge in [0.05, 0.1) is 0 Å². The van der Waals surface area contributed by atoms with E-state index in [0.29, 0.717) is 6.04 Å². The first kappa shape index (κ1) is 17.7. The highest BCUT2D eigenvalue weighted by molar-refractivity contribution is 5.75. The van der Waals surface area contributed by atoms with Crippen molar-refractivity contribution in [1.82, 2.24) is 20.0 Å². The van der Waals surface area contributed by atoms with Crippen LogP contribution in [-0.4, -0.2) is 78.6 Å². The molecule has 0 unspecified atom stereocenters. The fourth-order valence-electron chi connectivity index (χ4n) is 4.50. The topological polar surface area (TPSA) is 38.8 Å². The Kier molecular flexibility index (Phi) is 5.41. The standard InChI is InChI=1S/C20H29FN4O/c21-17-3-1-16(2-4-17)5-9-24-10-6-18(15-24)22-20(26)25-14-13-23-11-7-19(25)8-12-23/h1-4,18-19H,5-15H2,(H,22,26)/t18-/m0/s1. The maximum Gasteiger partial charge on any atom is 0.317 e. The summed E-state index contributed by atoms with van der Waals surface area (Å²) in [6.07, 6.45) is 4.16. The number of rotatable bonds is 4. The van der Waals surface area contributed by atoms with Crippen molar-refractivity contribution in [3.8, 4) is 0 Å². The Balaban J connectivity index is 1.23. The van der Waals surface area contributed by atoms with Gasteiger partial charge in [0.15, 0.2) is 0 Å². The van der Waals surface area contributed by atoms with Crippen LogP contribution < -0.4 is 5.32 Å². The molecule has 5 nitrogen and oxygen atoms in total. The Bertz CT molecular complexity index is 615. The molecule has 4 heterocycles. The van der Waals surface area contributed by atoms with Crippen molar-refractivity contribution in [2.75, 3.05) is 45.8 Å². The summed E-state index contributed by atoms with van der Waals surface area (Å²) in [6.45, 7) is 7.03. The number of amides is 2. The first-order chi connectivity index (χ1) is 12.7. The van der Waals surface area contributed by atoms with Gasteiger partial charge in [-0.05, 0) is 43.4 Å². The summed E-state index contributed by atoms with van der Waals surface area (Å²) < 4.78 is 13.0. The molecule has 0 aromatic heterocycles. The summed E-state index contributed by atoms with van der Waals surface area (Å²) >= 11 is 0. The van der Waals surface area contributed by atoms with Crippen molar-refractivity contribution in [2.45, 2.75) is 37.8 Å². The average Bonchev–Trinajstić information content (AvgIpc) is 2.88. The second-order valence-electron chi connectivity index (χ2n) is 7.88. The number of nitrogens with zero attached hydrogens (tertiary/aromatic N) is 3. The minimum atomic E-state index is -0.184. The minimum Gasteiger partial charge on any atom is -0.334 e. The maximum absolute atomic E-state index is 13.0. The Morgan fingerprint density at radius 2 is 1.81 bits per heavy atom. The molecule has 6 heteroatoms. The van der Waals surface area contributed by atoms with Gasteiger partial charge in [-0.25, -0.2) is 9.18 Å². The van der Waals surface area contributed by atoms with Gasteiger partial charge < -0.3 is 20.0 Å². The number of likely N-dealkylation sites (tertiary alicyclic amines) is 1. The van der Waals surface area contributed by atoms with Crippen LogP contribution in [0.3, 0.4) is 0 Å². The van der Waals surface area contributed by atoms with Gasteiger partial charge in [0.25, 0.3) is 0 Å². The van der Waals surface area contributed by atoms with Crippen molar-refractivity contribution in [3.05, 3.63) is 35.6 Å². The number of carbonyl (C=O) groups is 1. The van der Waals surface area contributed by atoms with E-state index >= 15 is 0 Å². The number of benzene rings is 1. The fraction of sp³-hybridized carbons (Fsp3) is 0.650. The molecule has 142 valence electrons. The predicted octanol–water partition coefficient (Wildman–Crippen LogP) is 1.93. The van der Waals surface area contributed by atoms with Crippen LogP contribution in [0.15, 0.2) is 24.3 Å². The highest BCUT2D eigenvalue weighted by Crippen LogP contribution is 2.21. The van der Waals surface area contributed by atoms with E-state index < -0.39 is 0 Å². The predicted molar refractivity (Wildman–Crippen MR) is 99.6 cm³/mol. The van der Waals surface area contributed by atoms with E-state index in [9.17, 15) is 9.18 Å². The van der Waals surface area contributed by atoms with Gasteiger partial charge in [0, 0.05) is 57.9 Å². The molecule has 1 aromatic carbocycles. The first-order valence-electron chi connectivity index (χ1n) is 9.94. The van der Waals surface area contributed by atoms with E-state index in [-0.39, 0.29) is 17.9 Å². The molecular formula is C20H29FN4O. The lowest BCUT2D eigenvalue weighted by molar-refractivity contribution is 0.167. The number of piperidine rings is 1. The molecular weight excluding hydrogens is 331 g/mol. The monoisotopic (exact) mass is 360 g/mol. The number of fused-ring (bicyclic) bond motifs is 4. The zero-order valence-corrected chi connectivity index (χ0v) is 15.4. The minimum absolute atomic E-state index is 0.129. The molecule has 0 saturated carbocycles. The van der Waals surface area contributed by atoms with Gasteiger partial charge in [-0.15, -0.1) is 0 Å². The van der Waals surface area contributed by atoms with Crippen LogP contribution in [0, 0.1) is 5.82 Å². The van der Waals surface area contributed by atoms with E-state index in [1.165, 1.54) is 12.1 Å². The van der Waals surface area contributed by atoms with Crippen molar-refractivity contribution < 1.29 is 9.18 Å². The summed E-state index contributed by atoms with van der Waals surface area (Å²) in [6, 6.07) is 7.55. The number of halogens is 1. The molecule has 0 aliphatic carbocycles. The van der Waals surface area contributed by atoms with E-state index in [4.69, 9.17) is 0 Å². The molecule has 2 amide bonds. The lowest BCUT2D eigenvalue weighted by atomic mass is 10.1. The number of urea groups is 1. The van der Waals surface area contributed by atoms with Crippen molar-refractivity contribution >= 4 is 6.03 Å². The highest BCUT2D eigenvalue weighted by Gasteiger charge is 2.33. The highest BCUT2D eigenvalue weighted by atomic mass is 19.1. The normalized spacial score (nSPS) is 29.0. The number of hydrogen-bond donors (Lipinski definition) is 1. The maximum atomic E-state index is 13.0. The lowest BCUT2D eigenvalue weighted by Gasteiger charge is -2.32. The van der Waals surface area contributed by atoms with Gasteiger partial charge in [-0.1, -0.05) is 12.1 Å². The molecule has 4 aliphatic rings. The van der Waals surface area contributed by atoms with Crippen LogP contribution in [0.1, 0.15) is 24.8 Å². The van der Waals surface area contributed by atoms with Crippen molar-refractivity contribution in [3.63, 3.8) is 0 Å². The SMILES string of the molecule is O=C(N[C@H]1CCN(CCc2ccc(F)cc2)C1)N1CCN2CCC1CC2. The van der Waals surface area contributed by atoms with E-state index in [1.54, 1.807) is 0 Å². The van der Waals surface area contributed by atoms with Crippen LogP contribution in [-0.2, 0) is 6.42 Å². The Morgan fingerprint density at radius 3 is 2.58 bits per heavy atom. The molecule has 1 atom stereocenters. The van der Waals surface area contributed by atoms with Crippen LogP contribution in [0.4, 0.5) is 9.18 Å². The van der Waals surface area contributed by atoms with Gasteiger partial charge in [-0.2, -0.15) is 0 Å². The van der Waals surface area contributed by atoms with Gasteiger partial charge in [0.2, 0.25) is 0 Å². The molecule has 0 spiro atoms. The third-order valence-corrected chi connectivity index (χ3v) is 6.15. The Labute approximate surface area is 155 Å². The van der Waals surface area contributed by atoms with Crippen LogP contribution >= 0.6 is 0 Å². The Hall–Kier alpha value is -1.66. The second-order valence-corrected chi connectivity index (χ2v) is 7.88. The molecule has 1 aromatic rings. The number of nitrogens with one attached hydrogen (secondary N) is 1. The molecule has 4 fully saturated rings. The van der Waals surface area contributed by atoms with Crippen LogP contribution in [0.25, 0.3) is 0 Å². The largest absolute Gasteiger partial charge is 0.334 e. The lowest BCUT2D eigenvalue weighted by Crippen LogP contribution is -2.50. The van der Waals surface area contributed by atoms with Crippen molar-refractivity contribution in [2.24, 2.45) is 0 Å². The molecule has 4 saturated heterocycles. The van der Waals surface area contributed by atoms with Gasteiger partial charge >= 0.3 is 6.03 Å². The summed E-state index contributed by atoms with van der Waals surface area (Å²) in [7, 11) is 0. The average molecular weight is 360 g/mol. The second kappa shape index (κ2) is 7.92. The first-order valence-corrected chi connectivity index (χ1v) is 9.94. The third-order valence-electron chi connectivity index (χ3n) is 6.15. The quantitative estimate of drug-likeness (QED) is 0.892. The van der Waals surface area contributed by atoms with E-state index in [1.807, 2.05) is 12.1 Å². The van der Waals surface area contributed by atoms with Crippen LogP contribution in [0.2, 0.25) is 0 Å². The van der Waals surface area contributed by atoms with Crippen molar-refractivity contribution in [1.29, 1.82) is 0 Å². The fourth-order valence-corrected chi connectivity index (χ4v) is 4.50. The molecule has 4 aliphatic heterocycles. The number of carbonyl (C=O) groups excluding carboxylic acids is 1. The zero-order valence-electron chi connectivity index (χ0n) is 15.4. The Morgan fingerprint density at radius 1 is 1.04 bits per heavy atom. The summed E-state index contributed by atoms with van der Waals surface area (Å²) in [5.41, 5.74) is 1.16. The van der Waals surface area contributed by atoms with E-state index in [0.717, 1.165) is 77.1 Å².